The topological polar surface area (TPSA) is 485 Å². The van der Waals surface area contributed by atoms with E-state index in [1.54, 1.807) is 20.8 Å². The number of hydrogen-bond donors (Lipinski definition) is 18. The minimum absolute atomic E-state index is 0.0183. The highest BCUT2D eigenvalue weighted by Gasteiger charge is 2.38. The highest BCUT2D eigenvalue weighted by Crippen LogP contribution is 2.13. The van der Waals surface area contributed by atoms with Crippen molar-refractivity contribution in [1.29, 1.82) is 0 Å². The SMILES string of the molecule is CCC[C@@H]1NC(=O)[C@H](C(C)O)NC(=O)[C@@H](CC(C)C)NC(=O)[C@H](CCN)NC(=O)[C@@H](NC(=O)[C@@H](CCN)NC(=O)[C@@H](NC(=O)[C@H](CCN)NC(=O)CCCCC(C)CC)C(C)O)CCNC(=O)[C@H](C(C)O)NC(=O)[C@H](CCN)NC1=O. The van der Waals surface area contributed by atoms with Gasteiger partial charge in [-0.15, -0.1) is 0 Å². The second-order valence-corrected chi connectivity index (χ2v) is 21.2. The van der Waals surface area contributed by atoms with E-state index < -0.39 is 157 Å². The lowest BCUT2D eigenvalue weighted by atomic mass is 10.0. The Bertz CT molecular complexity index is 2050. The molecule has 11 amide bonds. The number of hydrogen-bond acceptors (Lipinski definition) is 18. The molecule has 0 aromatic rings. The van der Waals surface area contributed by atoms with Crippen LogP contribution in [0.4, 0.5) is 0 Å². The monoisotopic (exact) mass is 1160 g/mol. The Balaban J connectivity index is 3.79. The first-order chi connectivity index (χ1) is 38.2. The summed E-state index contributed by atoms with van der Waals surface area (Å²) in [5.74, 6) is -9.85. The van der Waals surface area contributed by atoms with Crippen molar-refractivity contribution in [1.82, 2.24) is 58.5 Å². The Hall–Kier alpha value is -6.11. The zero-order chi connectivity index (χ0) is 61.5. The van der Waals surface area contributed by atoms with Gasteiger partial charge in [0.25, 0.3) is 0 Å². The highest BCUT2D eigenvalue weighted by molar-refractivity contribution is 5.99. The predicted octanol–water partition coefficient (Wildman–Crippen LogP) is -5.66. The van der Waals surface area contributed by atoms with Crippen molar-refractivity contribution in [3.05, 3.63) is 0 Å². The van der Waals surface area contributed by atoms with E-state index in [1.807, 2.05) is 0 Å². The Morgan fingerprint density at radius 3 is 1.52 bits per heavy atom. The number of amides is 11. The van der Waals surface area contributed by atoms with Gasteiger partial charge in [0.2, 0.25) is 65.0 Å². The zero-order valence-electron chi connectivity index (χ0n) is 48.5. The fourth-order valence-corrected chi connectivity index (χ4v) is 8.56. The van der Waals surface area contributed by atoms with E-state index in [4.69, 9.17) is 22.9 Å². The molecule has 29 heteroatoms. The summed E-state index contributed by atoms with van der Waals surface area (Å²) >= 11 is 0. The number of unbranched alkanes of at least 4 members (excludes halogenated alkanes) is 1. The maximum atomic E-state index is 14.4. The molecule has 1 aliphatic heterocycles. The van der Waals surface area contributed by atoms with Gasteiger partial charge in [0.1, 0.15) is 60.4 Å². The molecule has 4 unspecified atom stereocenters. The molecule has 81 heavy (non-hydrogen) atoms. The minimum atomic E-state index is -1.70. The first-order valence-corrected chi connectivity index (χ1v) is 28.3. The van der Waals surface area contributed by atoms with Crippen molar-refractivity contribution in [3.8, 4) is 0 Å². The molecule has 1 saturated heterocycles. The minimum Gasteiger partial charge on any atom is -0.391 e. The molecular formula is C52H97N15O14. The summed E-state index contributed by atoms with van der Waals surface area (Å²) < 4.78 is 0. The van der Waals surface area contributed by atoms with Gasteiger partial charge in [-0.05, 0) is 110 Å². The van der Waals surface area contributed by atoms with E-state index in [2.05, 4.69) is 72.3 Å². The third-order valence-corrected chi connectivity index (χ3v) is 13.5. The van der Waals surface area contributed by atoms with Gasteiger partial charge in [0.15, 0.2) is 0 Å². The van der Waals surface area contributed by atoms with E-state index in [0.29, 0.717) is 18.8 Å². The van der Waals surface area contributed by atoms with Crippen LogP contribution in [0.15, 0.2) is 0 Å². The molecule has 1 aliphatic rings. The van der Waals surface area contributed by atoms with Gasteiger partial charge in [-0.2, -0.15) is 0 Å². The van der Waals surface area contributed by atoms with E-state index in [0.717, 1.165) is 19.3 Å². The quantitative estimate of drug-likeness (QED) is 0.0325. The van der Waals surface area contributed by atoms with Gasteiger partial charge in [-0.25, -0.2) is 0 Å². The molecule has 1 heterocycles. The standard InChI is InChI=1S/C52H97N15O14/c1-9-13-32-43(72)60-36(19-24-56)48(77)65-40(29(6)68)50(79)57-25-20-37(46(75)59-34(17-22-54)45(74)64-38(26-27(3)4)49(78)67-42(31(8)70)51(80)62-32)61-44(73)35(18-23-55)63-52(81)41(30(7)69)66-47(76)33(16-21-53)58-39(71)15-12-11-14-28(5)10-2/h27-38,40-42,68-70H,9-26,53-56H2,1-8H3,(H,57,79)(H,58,71)(H,59,75)(H,60,72)(H,61,73)(H,62,80)(H,63,81)(H,64,74)(H,65,77)(H,66,76)(H,67,78)/t28?,29?,30?,31?,32-,33-,34-,35+,36-,37-,38+,40-,41-,42-/m0/s1. The van der Waals surface area contributed by atoms with Crippen molar-refractivity contribution in [2.45, 2.75) is 218 Å². The van der Waals surface area contributed by atoms with Gasteiger partial charge in [-0.3, -0.25) is 52.7 Å². The molecule has 29 nitrogen and oxygen atoms in total. The third-order valence-electron chi connectivity index (χ3n) is 13.5. The molecule has 22 N–H and O–H groups in total. The summed E-state index contributed by atoms with van der Waals surface area (Å²) in [4.78, 5) is 152. The average Bonchev–Trinajstić information content (AvgIpc) is 3.39. The van der Waals surface area contributed by atoms with Crippen LogP contribution in [0.25, 0.3) is 0 Å². The lowest BCUT2D eigenvalue weighted by molar-refractivity contribution is -0.137. The van der Waals surface area contributed by atoms with Gasteiger partial charge >= 0.3 is 0 Å². The largest absolute Gasteiger partial charge is 0.391 e. The van der Waals surface area contributed by atoms with E-state index in [-0.39, 0.29) is 77.0 Å². The average molecular weight is 1160 g/mol. The first kappa shape index (κ1) is 72.9. The predicted molar refractivity (Wildman–Crippen MR) is 299 cm³/mol. The van der Waals surface area contributed by atoms with Crippen molar-refractivity contribution in [3.63, 3.8) is 0 Å². The molecule has 0 bridgehead atoms. The van der Waals surface area contributed by atoms with Crippen molar-refractivity contribution >= 4 is 65.0 Å². The van der Waals surface area contributed by atoms with Crippen LogP contribution in [0.2, 0.25) is 0 Å². The number of rotatable bonds is 28. The smallest absolute Gasteiger partial charge is 0.245 e. The van der Waals surface area contributed by atoms with Gasteiger partial charge < -0.3 is 96.7 Å². The zero-order valence-corrected chi connectivity index (χ0v) is 48.5. The van der Waals surface area contributed by atoms with Crippen LogP contribution in [0.5, 0.6) is 0 Å². The summed E-state index contributed by atoms with van der Waals surface area (Å²) in [5.41, 5.74) is 23.3. The fourth-order valence-electron chi connectivity index (χ4n) is 8.56. The maximum Gasteiger partial charge on any atom is 0.245 e. The number of carbonyl (C=O) groups is 11. The Kier molecular flexibility index (Phi) is 34.7. The summed E-state index contributed by atoms with van der Waals surface area (Å²) in [5, 5.41) is 59.7. The Morgan fingerprint density at radius 1 is 0.543 bits per heavy atom. The van der Waals surface area contributed by atoms with Crippen LogP contribution < -0.4 is 81.4 Å². The summed E-state index contributed by atoms with van der Waals surface area (Å²) in [7, 11) is 0. The second kappa shape index (κ2) is 38.6. The number of carbonyl (C=O) groups excluding carboxylic acids is 11. The molecule has 0 saturated carbocycles. The number of aliphatic hydroxyl groups is 3. The molecule has 1 fully saturated rings. The number of nitrogens with two attached hydrogens (primary N) is 4. The highest BCUT2D eigenvalue weighted by atomic mass is 16.3. The van der Waals surface area contributed by atoms with Crippen LogP contribution >= 0.6 is 0 Å². The molecule has 0 aromatic carbocycles. The van der Waals surface area contributed by atoms with Gasteiger partial charge in [0, 0.05) is 13.0 Å². The maximum absolute atomic E-state index is 14.4. The molecule has 0 spiro atoms. The molecule has 0 aliphatic carbocycles. The molecule has 14 atom stereocenters. The van der Waals surface area contributed by atoms with E-state index in [1.165, 1.54) is 20.8 Å². The summed E-state index contributed by atoms with van der Waals surface area (Å²) in [6, 6.07) is -15.1. The van der Waals surface area contributed by atoms with Gasteiger partial charge in [-0.1, -0.05) is 60.3 Å². The van der Waals surface area contributed by atoms with Crippen LogP contribution in [0.3, 0.4) is 0 Å². The number of nitrogens with one attached hydrogen (secondary N) is 11. The second-order valence-electron chi connectivity index (χ2n) is 21.2. The van der Waals surface area contributed by atoms with Crippen LogP contribution in [0.1, 0.15) is 139 Å². The van der Waals surface area contributed by atoms with Crippen LogP contribution in [-0.4, -0.2) is 192 Å². The molecule has 0 radical (unpaired) electrons. The van der Waals surface area contributed by atoms with Crippen molar-refractivity contribution < 1.29 is 68.1 Å². The van der Waals surface area contributed by atoms with E-state index >= 15 is 0 Å². The Labute approximate surface area is 475 Å². The lowest BCUT2D eigenvalue weighted by Gasteiger charge is -2.29. The number of aliphatic hydroxyl groups excluding tert-OH is 3. The van der Waals surface area contributed by atoms with Gasteiger partial charge in [0.05, 0.1) is 18.3 Å². The summed E-state index contributed by atoms with van der Waals surface area (Å²) in [6.07, 6.45) is -2.08. The molecule has 1 rings (SSSR count). The molecule has 464 valence electrons. The van der Waals surface area contributed by atoms with Crippen molar-refractivity contribution in [2.24, 2.45) is 34.8 Å². The molecular weight excluding hydrogens is 1060 g/mol. The third kappa shape index (κ3) is 26.6. The van der Waals surface area contributed by atoms with E-state index in [9.17, 15) is 68.1 Å². The van der Waals surface area contributed by atoms with Crippen molar-refractivity contribution in [2.75, 3.05) is 32.7 Å². The lowest BCUT2D eigenvalue weighted by Crippen LogP contribution is -2.62. The molecule has 0 aromatic heterocycles. The fraction of sp³-hybridized carbons (Fsp3) is 0.788. The summed E-state index contributed by atoms with van der Waals surface area (Å²) in [6.45, 7) is 11.9. The van der Waals surface area contributed by atoms with Crippen LogP contribution in [-0.2, 0) is 52.7 Å². The Morgan fingerprint density at radius 2 is 1.02 bits per heavy atom. The normalized spacial score (nSPS) is 23.9. The first-order valence-electron chi connectivity index (χ1n) is 28.3. The van der Waals surface area contributed by atoms with Crippen LogP contribution in [0, 0.1) is 11.8 Å².